The normalized spacial score (nSPS) is 25.0. The fraction of sp³-hybridized carbons (Fsp3) is 0.500. The third-order valence-electron chi connectivity index (χ3n) is 4.78. The number of nitrogens with one attached hydrogen (secondary N) is 2. The van der Waals surface area contributed by atoms with Crippen LogP contribution >= 0.6 is 11.3 Å². The van der Waals surface area contributed by atoms with Gasteiger partial charge < -0.3 is 10.2 Å². The standard InChI is InChI=1S/C16H20N4OS/c21-16(11-7-15(22-10-11)12-8-18-19-9-12)20-6-5-17-13-3-1-2-4-14(13)20/h7-10,13-14,17H,1-6H2,(H,18,19). The molecule has 0 bridgehead atoms. The Morgan fingerprint density at radius 3 is 3.14 bits per heavy atom. The lowest BCUT2D eigenvalue weighted by Crippen LogP contribution is -2.60. The summed E-state index contributed by atoms with van der Waals surface area (Å²) in [5, 5.41) is 12.4. The Morgan fingerprint density at radius 1 is 1.36 bits per heavy atom. The molecule has 2 unspecified atom stereocenters. The first kappa shape index (κ1) is 14.0. The predicted molar refractivity (Wildman–Crippen MR) is 87.0 cm³/mol. The molecule has 22 heavy (non-hydrogen) atoms. The summed E-state index contributed by atoms with van der Waals surface area (Å²) in [6.45, 7) is 1.72. The molecule has 116 valence electrons. The van der Waals surface area contributed by atoms with Crippen molar-refractivity contribution in [2.75, 3.05) is 13.1 Å². The van der Waals surface area contributed by atoms with Crippen molar-refractivity contribution in [3.63, 3.8) is 0 Å². The Hall–Kier alpha value is -1.66. The van der Waals surface area contributed by atoms with Crippen LogP contribution in [0.25, 0.3) is 10.4 Å². The minimum atomic E-state index is 0.185. The van der Waals surface area contributed by atoms with Crippen molar-refractivity contribution in [2.24, 2.45) is 0 Å². The Bertz CT molecular complexity index is 649. The average molecular weight is 316 g/mol. The molecule has 6 heteroatoms. The van der Waals surface area contributed by atoms with E-state index in [0.717, 1.165) is 35.5 Å². The number of aromatic amines is 1. The van der Waals surface area contributed by atoms with E-state index in [0.29, 0.717) is 12.1 Å². The number of piperazine rings is 1. The van der Waals surface area contributed by atoms with Gasteiger partial charge in [0.1, 0.15) is 0 Å². The first-order valence-electron chi connectivity index (χ1n) is 7.95. The van der Waals surface area contributed by atoms with Crippen LogP contribution in [0.4, 0.5) is 0 Å². The van der Waals surface area contributed by atoms with E-state index in [1.807, 2.05) is 17.6 Å². The smallest absolute Gasteiger partial charge is 0.255 e. The second-order valence-electron chi connectivity index (χ2n) is 6.10. The summed E-state index contributed by atoms with van der Waals surface area (Å²) in [4.78, 5) is 16.1. The highest BCUT2D eigenvalue weighted by Gasteiger charge is 2.36. The third kappa shape index (κ3) is 2.46. The minimum absolute atomic E-state index is 0.185. The molecule has 2 aromatic heterocycles. The van der Waals surface area contributed by atoms with Gasteiger partial charge >= 0.3 is 0 Å². The molecular weight excluding hydrogens is 296 g/mol. The fourth-order valence-electron chi connectivity index (χ4n) is 3.66. The molecular formula is C16H20N4OS. The van der Waals surface area contributed by atoms with E-state index in [-0.39, 0.29) is 5.91 Å². The number of thiophene rings is 1. The zero-order chi connectivity index (χ0) is 14.9. The van der Waals surface area contributed by atoms with Crippen LogP contribution in [0.1, 0.15) is 36.0 Å². The van der Waals surface area contributed by atoms with Crippen molar-refractivity contribution in [3.05, 3.63) is 29.4 Å². The summed E-state index contributed by atoms with van der Waals surface area (Å²) >= 11 is 1.61. The Kier molecular flexibility index (Phi) is 3.72. The summed E-state index contributed by atoms with van der Waals surface area (Å²) in [5.74, 6) is 0.185. The second-order valence-corrected chi connectivity index (χ2v) is 7.01. The number of amides is 1. The molecule has 5 nitrogen and oxygen atoms in total. The van der Waals surface area contributed by atoms with Gasteiger partial charge in [-0.15, -0.1) is 11.3 Å². The molecule has 2 fully saturated rings. The van der Waals surface area contributed by atoms with Crippen LogP contribution in [0.2, 0.25) is 0 Å². The minimum Gasteiger partial charge on any atom is -0.333 e. The molecule has 4 rings (SSSR count). The number of carbonyl (C=O) groups is 1. The van der Waals surface area contributed by atoms with Gasteiger partial charge in [0, 0.05) is 47.2 Å². The molecule has 1 aliphatic heterocycles. The van der Waals surface area contributed by atoms with Crippen molar-refractivity contribution >= 4 is 17.2 Å². The van der Waals surface area contributed by atoms with E-state index in [1.165, 1.54) is 19.3 Å². The van der Waals surface area contributed by atoms with Gasteiger partial charge in [-0.05, 0) is 18.9 Å². The molecule has 0 spiro atoms. The van der Waals surface area contributed by atoms with Gasteiger partial charge in [-0.3, -0.25) is 9.89 Å². The number of hydrogen-bond acceptors (Lipinski definition) is 4. The lowest BCUT2D eigenvalue weighted by Gasteiger charge is -2.44. The molecule has 2 atom stereocenters. The number of nitrogens with zero attached hydrogens (tertiary/aromatic N) is 2. The lowest BCUT2D eigenvalue weighted by molar-refractivity contribution is 0.0490. The van der Waals surface area contributed by atoms with Crippen LogP contribution < -0.4 is 5.32 Å². The average Bonchev–Trinajstić information content (AvgIpc) is 3.24. The van der Waals surface area contributed by atoms with Gasteiger partial charge in [0.25, 0.3) is 5.91 Å². The largest absolute Gasteiger partial charge is 0.333 e. The van der Waals surface area contributed by atoms with E-state index in [2.05, 4.69) is 20.4 Å². The van der Waals surface area contributed by atoms with Crippen LogP contribution in [0.3, 0.4) is 0 Å². The monoisotopic (exact) mass is 316 g/mol. The van der Waals surface area contributed by atoms with Crippen LogP contribution in [-0.2, 0) is 0 Å². The molecule has 1 saturated carbocycles. The van der Waals surface area contributed by atoms with Crippen LogP contribution in [0.15, 0.2) is 23.8 Å². The maximum absolute atomic E-state index is 12.9. The number of hydrogen-bond donors (Lipinski definition) is 2. The quantitative estimate of drug-likeness (QED) is 0.895. The van der Waals surface area contributed by atoms with Crippen LogP contribution in [-0.4, -0.2) is 46.2 Å². The van der Waals surface area contributed by atoms with Crippen molar-refractivity contribution in [1.82, 2.24) is 20.4 Å². The highest BCUT2D eigenvalue weighted by Crippen LogP contribution is 2.30. The zero-order valence-electron chi connectivity index (χ0n) is 12.4. The predicted octanol–water partition coefficient (Wildman–Crippen LogP) is 2.49. The summed E-state index contributed by atoms with van der Waals surface area (Å²) < 4.78 is 0. The summed E-state index contributed by atoms with van der Waals surface area (Å²) in [5.41, 5.74) is 1.85. The van der Waals surface area contributed by atoms with E-state index < -0.39 is 0 Å². The summed E-state index contributed by atoms with van der Waals surface area (Å²) in [6.07, 6.45) is 8.49. The zero-order valence-corrected chi connectivity index (χ0v) is 13.2. The molecule has 2 aliphatic rings. The van der Waals surface area contributed by atoms with Crippen molar-refractivity contribution in [3.8, 4) is 10.4 Å². The van der Waals surface area contributed by atoms with E-state index in [9.17, 15) is 4.79 Å². The van der Waals surface area contributed by atoms with Gasteiger partial charge in [-0.25, -0.2) is 0 Å². The number of carbonyl (C=O) groups excluding carboxylic acids is 1. The first-order valence-corrected chi connectivity index (χ1v) is 8.83. The molecule has 2 aromatic rings. The van der Waals surface area contributed by atoms with Crippen molar-refractivity contribution in [2.45, 2.75) is 37.8 Å². The lowest BCUT2D eigenvalue weighted by atomic mass is 9.87. The van der Waals surface area contributed by atoms with Gasteiger partial charge in [0.2, 0.25) is 0 Å². The van der Waals surface area contributed by atoms with Gasteiger partial charge in [0.15, 0.2) is 0 Å². The molecule has 1 amide bonds. The number of fused-ring (bicyclic) bond motifs is 1. The fourth-order valence-corrected chi connectivity index (χ4v) is 4.53. The van der Waals surface area contributed by atoms with E-state index in [1.54, 1.807) is 17.5 Å². The maximum Gasteiger partial charge on any atom is 0.255 e. The van der Waals surface area contributed by atoms with Gasteiger partial charge in [-0.1, -0.05) is 12.8 Å². The SMILES string of the molecule is O=C(c1csc(-c2cn[nH]c2)c1)N1CCNC2CCCCC21. The number of aromatic nitrogens is 2. The summed E-state index contributed by atoms with van der Waals surface area (Å²) in [6, 6.07) is 2.85. The molecule has 1 saturated heterocycles. The molecule has 0 radical (unpaired) electrons. The second kappa shape index (κ2) is 5.85. The first-order chi connectivity index (χ1) is 10.8. The van der Waals surface area contributed by atoms with Crippen LogP contribution in [0, 0.1) is 0 Å². The molecule has 1 aliphatic carbocycles. The third-order valence-corrected chi connectivity index (χ3v) is 5.76. The highest BCUT2D eigenvalue weighted by atomic mass is 32.1. The van der Waals surface area contributed by atoms with Crippen molar-refractivity contribution in [1.29, 1.82) is 0 Å². The topological polar surface area (TPSA) is 61.0 Å². The Labute approximate surface area is 133 Å². The van der Waals surface area contributed by atoms with Gasteiger partial charge in [0.05, 0.1) is 11.8 Å². The van der Waals surface area contributed by atoms with Crippen molar-refractivity contribution < 1.29 is 4.79 Å². The van der Waals surface area contributed by atoms with E-state index >= 15 is 0 Å². The summed E-state index contributed by atoms with van der Waals surface area (Å²) in [7, 11) is 0. The van der Waals surface area contributed by atoms with Crippen LogP contribution in [0.5, 0.6) is 0 Å². The number of rotatable bonds is 2. The number of H-pyrrole nitrogens is 1. The molecule has 3 heterocycles. The van der Waals surface area contributed by atoms with E-state index in [4.69, 9.17) is 0 Å². The Balaban J connectivity index is 1.56. The molecule has 0 aromatic carbocycles. The Morgan fingerprint density at radius 2 is 2.27 bits per heavy atom. The van der Waals surface area contributed by atoms with Gasteiger partial charge in [-0.2, -0.15) is 5.10 Å². The highest BCUT2D eigenvalue weighted by molar-refractivity contribution is 7.13. The maximum atomic E-state index is 12.9. The molecule has 2 N–H and O–H groups in total.